The van der Waals surface area contributed by atoms with Gasteiger partial charge in [0.2, 0.25) is 0 Å². The molecule has 1 fully saturated rings. The first-order valence-electron chi connectivity index (χ1n) is 6.14. The Morgan fingerprint density at radius 3 is 2.81 bits per heavy atom. The molecule has 1 nitrogen and oxygen atoms in total. The van der Waals surface area contributed by atoms with Gasteiger partial charge in [0.15, 0.2) is 0 Å². The van der Waals surface area contributed by atoms with Gasteiger partial charge in [0, 0.05) is 11.6 Å². The first-order chi connectivity index (χ1) is 7.86. The highest BCUT2D eigenvalue weighted by atomic mass is 15.1. The van der Waals surface area contributed by atoms with Crippen molar-refractivity contribution in [2.24, 2.45) is 0 Å². The second kappa shape index (κ2) is 5.72. The third-order valence-electron chi connectivity index (χ3n) is 3.23. The molecule has 1 unspecified atom stereocenters. The number of rotatable bonds is 1. The Morgan fingerprint density at radius 1 is 1.25 bits per heavy atom. The lowest BCUT2D eigenvalue weighted by atomic mass is 10.0. The highest BCUT2D eigenvalue weighted by Gasteiger charge is 2.16. The van der Waals surface area contributed by atoms with Crippen LogP contribution in [0, 0.1) is 11.8 Å². The summed E-state index contributed by atoms with van der Waals surface area (Å²) in [5.41, 5.74) is 1.12. The normalized spacial score (nSPS) is 21.2. The molecule has 0 aliphatic carbocycles. The molecule has 1 aromatic carbocycles. The van der Waals surface area contributed by atoms with E-state index in [2.05, 4.69) is 35.8 Å². The fourth-order valence-electron chi connectivity index (χ4n) is 2.16. The molecule has 1 aliphatic rings. The number of nitrogens with zero attached hydrogens (tertiary/aromatic N) is 1. The van der Waals surface area contributed by atoms with E-state index in [0.29, 0.717) is 6.04 Å². The van der Waals surface area contributed by atoms with Crippen molar-refractivity contribution in [1.82, 2.24) is 4.90 Å². The Balaban J connectivity index is 1.89. The predicted molar refractivity (Wildman–Crippen MR) is 68.2 cm³/mol. The molecule has 0 N–H and O–H groups in total. The number of hydrogen-bond donors (Lipinski definition) is 0. The third kappa shape index (κ3) is 3.12. The van der Waals surface area contributed by atoms with Crippen LogP contribution in [0.25, 0.3) is 0 Å². The molecule has 1 atom stereocenters. The van der Waals surface area contributed by atoms with Crippen molar-refractivity contribution in [2.45, 2.75) is 32.2 Å². The molecular formula is C15H19N. The summed E-state index contributed by atoms with van der Waals surface area (Å²) in [7, 11) is 0. The fourth-order valence-corrected chi connectivity index (χ4v) is 2.16. The van der Waals surface area contributed by atoms with Gasteiger partial charge in [-0.3, -0.25) is 4.90 Å². The van der Waals surface area contributed by atoms with Crippen LogP contribution in [-0.2, 0) is 0 Å². The molecule has 0 aromatic heterocycles. The maximum Gasteiger partial charge on any atom is 0.0607 e. The quantitative estimate of drug-likeness (QED) is 0.648. The first kappa shape index (κ1) is 11.2. The summed E-state index contributed by atoms with van der Waals surface area (Å²) in [6.45, 7) is 4.43. The Kier molecular flexibility index (Phi) is 4.02. The van der Waals surface area contributed by atoms with E-state index in [1.165, 1.54) is 25.8 Å². The molecule has 1 heterocycles. The van der Waals surface area contributed by atoms with E-state index >= 15 is 0 Å². The third-order valence-corrected chi connectivity index (χ3v) is 3.23. The fraction of sp³-hybridized carbons (Fsp3) is 0.467. The zero-order valence-electron chi connectivity index (χ0n) is 9.95. The van der Waals surface area contributed by atoms with Crippen LogP contribution < -0.4 is 0 Å². The summed E-state index contributed by atoms with van der Waals surface area (Å²) in [6.07, 6.45) is 4.04. The van der Waals surface area contributed by atoms with Gasteiger partial charge in [-0.25, -0.2) is 0 Å². The Hall–Kier alpha value is -1.26. The summed E-state index contributed by atoms with van der Waals surface area (Å²) in [5, 5.41) is 0. The molecule has 0 amide bonds. The van der Waals surface area contributed by atoms with Crippen molar-refractivity contribution in [3.8, 4) is 11.8 Å². The van der Waals surface area contributed by atoms with Crippen LogP contribution in [0.5, 0.6) is 0 Å². The number of hydrogen-bond acceptors (Lipinski definition) is 1. The molecule has 0 saturated carbocycles. The predicted octanol–water partition coefficient (Wildman–Crippen LogP) is 2.91. The lowest BCUT2D eigenvalue weighted by Crippen LogP contribution is -2.37. The summed E-state index contributed by atoms with van der Waals surface area (Å²) in [6, 6.07) is 10.9. The van der Waals surface area contributed by atoms with Gasteiger partial charge in [-0.2, -0.15) is 0 Å². The molecule has 1 aliphatic heterocycles. The van der Waals surface area contributed by atoms with Gasteiger partial charge in [0.05, 0.1) is 6.54 Å². The molecule has 16 heavy (non-hydrogen) atoms. The van der Waals surface area contributed by atoms with E-state index in [1.807, 2.05) is 18.2 Å². The SMILES string of the molecule is CC1CCCCN1CC#Cc1ccccc1. The van der Waals surface area contributed by atoms with Crippen LogP contribution in [0.4, 0.5) is 0 Å². The molecule has 1 aromatic rings. The van der Waals surface area contributed by atoms with Crippen LogP contribution >= 0.6 is 0 Å². The Labute approximate surface area is 98.5 Å². The van der Waals surface area contributed by atoms with E-state index in [4.69, 9.17) is 0 Å². The van der Waals surface area contributed by atoms with Crippen LogP contribution in [0.3, 0.4) is 0 Å². The molecule has 0 spiro atoms. The van der Waals surface area contributed by atoms with Crippen LogP contribution in [0.1, 0.15) is 31.7 Å². The van der Waals surface area contributed by atoms with Crippen LogP contribution in [-0.4, -0.2) is 24.0 Å². The number of likely N-dealkylation sites (tertiary alicyclic amines) is 1. The lowest BCUT2D eigenvalue weighted by Gasteiger charge is -2.31. The van der Waals surface area contributed by atoms with E-state index in [-0.39, 0.29) is 0 Å². The zero-order chi connectivity index (χ0) is 11.2. The molecule has 0 bridgehead atoms. The second-order valence-corrected chi connectivity index (χ2v) is 4.48. The molecule has 0 radical (unpaired) electrons. The van der Waals surface area contributed by atoms with Crippen molar-refractivity contribution >= 4 is 0 Å². The minimum Gasteiger partial charge on any atom is -0.290 e. The zero-order valence-corrected chi connectivity index (χ0v) is 9.95. The lowest BCUT2D eigenvalue weighted by molar-refractivity contribution is 0.182. The first-order valence-corrected chi connectivity index (χ1v) is 6.14. The van der Waals surface area contributed by atoms with Crippen molar-refractivity contribution in [1.29, 1.82) is 0 Å². The Bertz CT molecular complexity index is 371. The van der Waals surface area contributed by atoms with Gasteiger partial charge in [0.1, 0.15) is 0 Å². The number of piperidine rings is 1. The monoisotopic (exact) mass is 213 g/mol. The summed E-state index contributed by atoms with van der Waals surface area (Å²) in [5.74, 6) is 6.50. The Morgan fingerprint density at radius 2 is 2.06 bits per heavy atom. The molecular weight excluding hydrogens is 194 g/mol. The van der Waals surface area contributed by atoms with Crippen molar-refractivity contribution in [3.05, 3.63) is 35.9 Å². The largest absolute Gasteiger partial charge is 0.290 e. The van der Waals surface area contributed by atoms with E-state index in [0.717, 1.165) is 12.1 Å². The van der Waals surface area contributed by atoms with Crippen molar-refractivity contribution in [2.75, 3.05) is 13.1 Å². The summed E-state index contributed by atoms with van der Waals surface area (Å²) < 4.78 is 0. The molecule has 2 rings (SSSR count). The van der Waals surface area contributed by atoms with Gasteiger partial charge in [-0.1, -0.05) is 36.5 Å². The second-order valence-electron chi connectivity index (χ2n) is 4.48. The van der Waals surface area contributed by atoms with Gasteiger partial charge < -0.3 is 0 Å². The molecule has 1 heteroatoms. The van der Waals surface area contributed by atoms with Crippen LogP contribution in [0.2, 0.25) is 0 Å². The average molecular weight is 213 g/mol. The van der Waals surface area contributed by atoms with E-state index in [1.54, 1.807) is 0 Å². The summed E-state index contributed by atoms with van der Waals surface area (Å²) in [4.78, 5) is 2.49. The molecule has 1 saturated heterocycles. The maximum atomic E-state index is 3.28. The standard InChI is InChI=1S/C15H19N/c1-14-8-5-6-12-16(14)13-7-11-15-9-3-2-4-10-15/h2-4,9-10,14H,5-6,8,12-13H2,1H3. The van der Waals surface area contributed by atoms with Crippen molar-refractivity contribution < 1.29 is 0 Å². The van der Waals surface area contributed by atoms with E-state index in [9.17, 15) is 0 Å². The number of benzene rings is 1. The van der Waals surface area contributed by atoms with Gasteiger partial charge in [-0.15, -0.1) is 0 Å². The van der Waals surface area contributed by atoms with Gasteiger partial charge in [0.25, 0.3) is 0 Å². The highest BCUT2D eigenvalue weighted by molar-refractivity contribution is 5.33. The van der Waals surface area contributed by atoms with E-state index < -0.39 is 0 Å². The smallest absolute Gasteiger partial charge is 0.0607 e. The van der Waals surface area contributed by atoms with Gasteiger partial charge >= 0.3 is 0 Å². The molecule has 84 valence electrons. The average Bonchev–Trinajstić information content (AvgIpc) is 2.33. The minimum absolute atomic E-state index is 0.707. The summed E-state index contributed by atoms with van der Waals surface area (Å²) >= 11 is 0. The highest BCUT2D eigenvalue weighted by Crippen LogP contribution is 2.15. The maximum absolute atomic E-state index is 3.28. The minimum atomic E-state index is 0.707. The topological polar surface area (TPSA) is 3.24 Å². The van der Waals surface area contributed by atoms with Crippen molar-refractivity contribution in [3.63, 3.8) is 0 Å². The van der Waals surface area contributed by atoms with Gasteiger partial charge in [-0.05, 0) is 38.4 Å². The van der Waals surface area contributed by atoms with Crippen LogP contribution in [0.15, 0.2) is 30.3 Å².